The lowest BCUT2D eigenvalue weighted by molar-refractivity contribution is -0.121. The average Bonchev–Trinajstić information content (AvgIpc) is 3.08. The zero-order chi connectivity index (χ0) is 12.0. The molecule has 1 saturated carbocycles. The van der Waals surface area contributed by atoms with Gasteiger partial charge in [-0.25, -0.2) is 0 Å². The molecule has 0 aromatic rings. The number of hydrogen-bond acceptors (Lipinski definition) is 3. The zero-order valence-corrected chi connectivity index (χ0v) is 10.5. The fourth-order valence-electron chi connectivity index (χ4n) is 1.87. The summed E-state index contributed by atoms with van der Waals surface area (Å²) in [5, 5.41) is 2.93. The molecule has 0 saturated heterocycles. The van der Waals surface area contributed by atoms with Crippen LogP contribution in [-0.2, 0) is 4.79 Å². The highest BCUT2D eigenvalue weighted by atomic mass is 16.1. The Morgan fingerprint density at radius 3 is 2.56 bits per heavy atom. The first-order valence-electron chi connectivity index (χ1n) is 6.42. The van der Waals surface area contributed by atoms with Crippen LogP contribution in [0, 0.1) is 5.92 Å². The summed E-state index contributed by atoms with van der Waals surface area (Å²) in [5.41, 5.74) is 5.89. The molecular formula is C12H25N3O. The Morgan fingerprint density at radius 1 is 1.44 bits per heavy atom. The lowest BCUT2D eigenvalue weighted by Gasteiger charge is -2.18. The number of nitrogens with zero attached hydrogens (tertiary/aromatic N) is 1. The molecule has 0 radical (unpaired) electrons. The molecule has 1 aliphatic carbocycles. The second-order valence-corrected chi connectivity index (χ2v) is 4.58. The van der Waals surface area contributed by atoms with Gasteiger partial charge in [-0.3, -0.25) is 4.79 Å². The first kappa shape index (κ1) is 13.5. The first-order chi connectivity index (χ1) is 7.67. The van der Waals surface area contributed by atoms with Crippen LogP contribution in [-0.4, -0.2) is 43.0 Å². The van der Waals surface area contributed by atoms with Gasteiger partial charge in [0.05, 0.1) is 0 Å². The molecule has 94 valence electrons. The van der Waals surface area contributed by atoms with Crippen LogP contribution < -0.4 is 11.1 Å². The molecule has 1 rings (SSSR count). The molecule has 1 unspecified atom stereocenters. The van der Waals surface area contributed by atoms with Crippen molar-refractivity contribution in [3.63, 3.8) is 0 Å². The minimum absolute atomic E-state index is 0.0773. The molecule has 3 N–H and O–H groups in total. The monoisotopic (exact) mass is 227 g/mol. The van der Waals surface area contributed by atoms with E-state index >= 15 is 0 Å². The van der Waals surface area contributed by atoms with Crippen LogP contribution in [0.5, 0.6) is 0 Å². The van der Waals surface area contributed by atoms with Crippen molar-refractivity contribution in [2.75, 3.05) is 26.2 Å². The molecule has 0 bridgehead atoms. The standard InChI is InChI=1S/C12H25N3O/c1-3-15(4-2)8-7-14-12(16)9-11(13)10-5-6-10/h10-11H,3-9,13H2,1-2H3,(H,14,16). The van der Waals surface area contributed by atoms with Crippen LogP contribution in [0.1, 0.15) is 33.1 Å². The number of rotatable bonds is 8. The second kappa shape index (κ2) is 6.86. The largest absolute Gasteiger partial charge is 0.355 e. The number of nitrogens with one attached hydrogen (secondary N) is 1. The third kappa shape index (κ3) is 4.94. The van der Waals surface area contributed by atoms with E-state index in [1.807, 2.05) is 0 Å². The summed E-state index contributed by atoms with van der Waals surface area (Å²) in [7, 11) is 0. The van der Waals surface area contributed by atoms with Crippen LogP contribution in [0.15, 0.2) is 0 Å². The van der Waals surface area contributed by atoms with Gasteiger partial charge in [0, 0.05) is 25.6 Å². The quantitative estimate of drug-likeness (QED) is 0.637. The number of hydrogen-bond donors (Lipinski definition) is 2. The predicted octanol–water partition coefficient (Wildman–Crippen LogP) is 0.572. The molecule has 1 atom stereocenters. The molecule has 16 heavy (non-hydrogen) atoms. The fraction of sp³-hybridized carbons (Fsp3) is 0.917. The van der Waals surface area contributed by atoms with Gasteiger partial charge in [-0.1, -0.05) is 13.8 Å². The molecule has 0 aliphatic heterocycles. The number of likely N-dealkylation sites (N-methyl/N-ethyl adjacent to an activating group) is 1. The highest BCUT2D eigenvalue weighted by Gasteiger charge is 2.29. The molecule has 1 amide bonds. The summed E-state index contributed by atoms with van der Waals surface area (Å²) >= 11 is 0. The van der Waals surface area contributed by atoms with Crippen molar-refractivity contribution in [3.8, 4) is 0 Å². The normalized spacial score (nSPS) is 17.5. The van der Waals surface area contributed by atoms with Gasteiger partial charge in [-0.15, -0.1) is 0 Å². The minimum atomic E-state index is 0.0773. The summed E-state index contributed by atoms with van der Waals surface area (Å²) in [6, 6.07) is 0.0773. The van der Waals surface area contributed by atoms with E-state index < -0.39 is 0 Å². The smallest absolute Gasteiger partial charge is 0.221 e. The van der Waals surface area contributed by atoms with E-state index in [0.717, 1.165) is 26.2 Å². The summed E-state index contributed by atoms with van der Waals surface area (Å²) in [6.45, 7) is 8.00. The molecule has 0 heterocycles. The average molecular weight is 227 g/mol. The van der Waals surface area contributed by atoms with Gasteiger partial charge in [0.25, 0.3) is 0 Å². The number of carbonyl (C=O) groups is 1. The number of nitrogens with two attached hydrogens (primary N) is 1. The second-order valence-electron chi connectivity index (χ2n) is 4.58. The van der Waals surface area contributed by atoms with Gasteiger partial charge in [0.1, 0.15) is 0 Å². The van der Waals surface area contributed by atoms with Crippen LogP contribution >= 0.6 is 0 Å². The Balaban J connectivity index is 2.05. The van der Waals surface area contributed by atoms with Gasteiger partial charge in [0.15, 0.2) is 0 Å². The Morgan fingerprint density at radius 2 is 2.06 bits per heavy atom. The lowest BCUT2D eigenvalue weighted by atomic mass is 10.1. The van der Waals surface area contributed by atoms with Gasteiger partial charge < -0.3 is 16.0 Å². The maximum Gasteiger partial charge on any atom is 0.221 e. The van der Waals surface area contributed by atoms with E-state index in [1.165, 1.54) is 12.8 Å². The Labute approximate surface area is 98.6 Å². The molecular weight excluding hydrogens is 202 g/mol. The van der Waals surface area contributed by atoms with Crippen LogP contribution in [0.2, 0.25) is 0 Å². The van der Waals surface area contributed by atoms with E-state index in [4.69, 9.17) is 5.73 Å². The fourth-order valence-corrected chi connectivity index (χ4v) is 1.87. The van der Waals surface area contributed by atoms with Gasteiger partial charge in [0.2, 0.25) is 5.91 Å². The molecule has 1 aliphatic rings. The highest BCUT2D eigenvalue weighted by Crippen LogP contribution is 2.32. The molecule has 0 spiro atoms. The maximum absolute atomic E-state index is 11.5. The van der Waals surface area contributed by atoms with Gasteiger partial charge in [-0.2, -0.15) is 0 Å². The van der Waals surface area contributed by atoms with Gasteiger partial charge >= 0.3 is 0 Å². The van der Waals surface area contributed by atoms with Crippen molar-refractivity contribution in [1.29, 1.82) is 0 Å². The summed E-state index contributed by atoms with van der Waals surface area (Å²) in [6.07, 6.45) is 2.89. The Bertz CT molecular complexity index is 212. The van der Waals surface area contributed by atoms with Crippen LogP contribution in [0.4, 0.5) is 0 Å². The van der Waals surface area contributed by atoms with E-state index in [9.17, 15) is 4.79 Å². The summed E-state index contributed by atoms with van der Waals surface area (Å²) in [5.74, 6) is 0.708. The maximum atomic E-state index is 11.5. The predicted molar refractivity (Wildman–Crippen MR) is 66.1 cm³/mol. The first-order valence-corrected chi connectivity index (χ1v) is 6.42. The topological polar surface area (TPSA) is 58.4 Å². The summed E-state index contributed by atoms with van der Waals surface area (Å²) < 4.78 is 0. The van der Waals surface area contributed by atoms with E-state index in [2.05, 4.69) is 24.1 Å². The van der Waals surface area contributed by atoms with Crippen molar-refractivity contribution < 1.29 is 4.79 Å². The van der Waals surface area contributed by atoms with E-state index in [-0.39, 0.29) is 11.9 Å². The number of carbonyl (C=O) groups excluding carboxylic acids is 1. The SMILES string of the molecule is CCN(CC)CCNC(=O)CC(N)C1CC1. The lowest BCUT2D eigenvalue weighted by Crippen LogP contribution is -2.37. The number of amides is 1. The van der Waals surface area contributed by atoms with Gasteiger partial charge in [-0.05, 0) is 31.8 Å². The highest BCUT2D eigenvalue weighted by molar-refractivity contribution is 5.76. The Hall–Kier alpha value is -0.610. The van der Waals surface area contributed by atoms with Crippen molar-refractivity contribution in [3.05, 3.63) is 0 Å². The molecule has 4 heteroatoms. The van der Waals surface area contributed by atoms with Crippen molar-refractivity contribution in [2.45, 2.75) is 39.2 Å². The van der Waals surface area contributed by atoms with Crippen LogP contribution in [0.3, 0.4) is 0 Å². The van der Waals surface area contributed by atoms with E-state index in [0.29, 0.717) is 12.3 Å². The zero-order valence-electron chi connectivity index (χ0n) is 10.5. The van der Waals surface area contributed by atoms with Crippen molar-refractivity contribution in [1.82, 2.24) is 10.2 Å². The minimum Gasteiger partial charge on any atom is -0.355 e. The third-order valence-electron chi connectivity index (χ3n) is 3.29. The third-order valence-corrected chi connectivity index (χ3v) is 3.29. The molecule has 0 aromatic carbocycles. The van der Waals surface area contributed by atoms with Crippen molar-refractivity contribution in [2.24, 2.45) is 11.7 Å². The van der Waals surface area contributed by atoms with Crippen LogP contribution in [0.25, 0.3) is 0 Å². The summed E-state index contributed by atoms with van der Waals surface area (Å²) in [4.78, 5) is 13.8. The van der Waals surface area contributed by atoms with E-state index in [1.54, 1.807) is 0 Å². The molecule has 0 aromatic heterocycles. The Kier molecular flexibility index (Phi) is 5.77. The molecule has 4 nitrogen and oxygen atoms in total. The molecule has 1 fully saturated rings. The van der Waals surface area contributed by atoms with Crippen molar-refractivity contribution >= 4 is 5.91 Å².